The number of amides is 1. The summed E-state index contributed by atoms with van der Waals surface area (Å²) in [6.07, 6.45) is 4.06. The predicted molar refractivity (Wildman–Crippen MR) is 167 cm³/mol. The van der Waals surface area contributed by atoms with Gasteiger partial charge in [0.05, 0.1) is 11.3 Å². The van der Waals surface area contributed by atoms with E-state index in [9.17, 15) is 18.8 Å². The predicted octanol–water partition coefficient (Wildman–Crippen LogP) is 6.90. The molecule has 1 N–H and O–H groups in total. The van der Waals surface area contributed by atoms with Crippen LogP contribution in [0.5, 0.6) is 5.75 Å². The molecule has 11 heteroatoms. The standard InChI is InChI=1S/C34H35F2N5O4/c1-20-10-21(12-24(35)11-20)29-18-39-32-28(30(29)41-8-6-26(7-9-41)40-33(42)45-34(2,3)4)14-23(17-38-32)27-15-25(36)13-22(16-37)31(27)44-19-43-5/h10-15,17-18,26H,6-9,19H2,1-5H3,(H,40,42). The lowest BCUT2D eigenvalue weighted by molar-refractivity contribution is 0.0496. The van der Waals surface area contributed by atoms with Crippen molar-refractivity contribution in [1.82, 2.24) is 15.3 Å². The van der Waals surface area contributed by atoms with Gasteiger partial charge in [0, 0.05) is 60.7 Å². The molecule has 0 radical (unpaired) electrons. The fourth-order valence-corrected chi connectivity index (χ4v) is 5.54. The van der Waals surface area contributed by atoms with Crippen LogP contribution in [-0.2, 0) is 9.47 Å². The zero-order valence-corrected chi connectivity index (χ0v) is 25.9. The van der Waals surface area contributed by atoms with Crippen molar-refractivity contribution in [2.24, 2.45) is 0 Å². The van der Waals surface area contributed by atoms with E-state index in [1.165, 1.54) is 25.3 Å². The number of nitrogens with zero attached hydrogens (tertiary/aromatic N) is 4. The third kappa shape index (κ3) is 7.29. The number of piperidine rings is 1. The van der Waals surface area contributed by atoms with Crippen molar-refractivity contribution in [3.63, 3.8) is 0 Å². The summed E-state index contributed by atoms with van der Waals surface area (Å²) < 4.78 is 45.6. The van der Waals surface area contributed by atoms with Crippen LogP contribution in [0.2, 0.25) is 0 Å². The molecule has 5 rings (SSSR count). The molecule has 45 heavy (non-hydrogen) atoms. The van der Waals surface area contributed by atoms with E-state index in [0.717, 1.165) is 17.3 Å². The summed E-state index contributed by atoms with van der Waals surface area (Å²) in [5.74, 6) is -0.803. The molecule has 0 spiro atoms. The normalized spacial score (nSPS) is 13.9. The van der Waals surface area contributed by atoms with Crippen LogP contribution in [0, 0.1) is 29.9 Å². The summed E-state index contributed by atoms with van der Waals surface area (Å²) in [5.41, 5.74) is 3.58. The number of fused-ring (bicyclic) bond motifs is 1. The lowest BCUT2D eigenvalue weighted by Crippen LogP contribution is -2.46. The van der Waals surface area contributed by atoms with Crippen LogP contribution in [-0.4, -0.2) is 54.7 Å². The van der Waals surface area contributed by atoms with E-state index in [-0.39, 0.29) is 30.0 Å². The van der Waals surface area contributed by atoms with Crippen molar-refractivity contribution < 1.29 is 27.8 Å². The Morgan fingerprint density at radius 2 is 1.73 bits per heavy atom. The van der Waals surface area contributed by atoms with Crippen molar-refractivity contribution in [2.75, 3.05) is 31.9 Å². The summed E-state index contributed by atoms with van der Waals surface area (Å²) in [6, 6.07) is 11.0. The summed E-state index contributed by atoms with van der Waals surface area (Å²) in [6.45, 7) is 8.29. The Hall–Kier alpha value is -4.82. The Labute approximate surface area is 260 Å². The van der Waals surface area contributed by atoms with Gasteiger partial charge in [0.25, 0.3) is 0 Å². The third-order valence-electron chi connectivity index (χ3n) is 7.38. The first-order chi connectivity index (χ1) is 21.5. The second-order valence-electron chi connectivity index (χ2n) is 12.0. The molecular formula is C34H35F2N5O4. The molecule has 3 heterocycles. The van der Waals surface area contributed by atoms with E-state index in [1.54, 1.807) is 12.4 Å². The van der Waals surface area contributed by atoms with Crippen LogP contribution in [0.15, 0.2) is 48.8 Å². The molecule has 234 valence electrons. The first kappa shape index (κ1) is 31.6. The SMILES string of the molecule is COCOc1c(C#N)cc(F)cc1-c1cnc2ncc(-c3cc(C)cc(F)c3)c(N3CCC(NC(=O)OC(C)(C)C)CC3)c2c1. The van der Waals surface area contributed by atoms with Gasteiger partial charge in [0.2, 0.25) is 0 Å². The van der Waals surface area contributed by atoms with E-state index >= 15 is 0 Å². The van der Waals surface area contributed by atoms with Crippen LogP contribution < -0.4 is 15.0 Å². The van der Waals surface area contributed by atoms with Gasteiger partial charge in [-0.3, -0.25) is 0 Å². The minimum Gasteiger partial charge on any atom is -0.466 e. The Bertz CT molecular complexity index is 1760. The van der Waals surface area contributed by atoms with Crippen LogP contribution >= 0.6 is 0 Å². The molecule has 1 aliphatic rings. The van der Waals surface area contributed by atoms with E-state index in [2.05, 4.69) is 20.2 Å². The second-order valence-corrected chi connectivity index (χ2v) is 12.0. The number of benzene rings is 2. The highest BCUT2D eigenvalue weighted by atomic mass is 19.1. The highest BCUT2D eigenvalue weighted by molar-refractivity contribution is 6.00. The average molecular weight is 616 g/mol. The fraction of sp³-hybridized carbons (Fsp3) is 0.353. The maximum atomic E-state index is 14.7. The average Bonchev–Trinajstić information content (AvgIpc) is 2.98. The van der Waals surface area contributed by atoms with E-state index in [4.69, 9.17) is 14.2 Å². The number of pyridine rings is 2. The number of alkyl carbamates (subject to hydrolysis) is 1. The van der Waals surface area contributed by atoms with Crippen molar-refractivity contribution in [3.05, 3.63) is 71.6 Å². The molecule has 0 unspecified atom stereocenters. The Morgan fingerprint density at radius 1 is 1.02 bits per heavy atom. The van der Waals surface area contributed by atoms with E-state index in [0.29, 0.717) is 59.2 Å². The Balaban J connectivity index is 1.61. The number of aromatic nitrogens is 2. The molecule has 1 fully saturated rings. The van der Waals surface area contributed by atoms with Crippen LogP contribution in [0.1, 0.15) is 44.7 Å². The van der Waals surface area contributed by atoms with Gasteiger partial charge < -0.3 is 24.4 Å². The molecule has 0 saturated carbocycles. The molecule has 0 bridgehead atoms. The monoisotopic (exact) mass is 615 g/mol. The molecule has 0 aliphatic carbocycles. The Morgan fingerprint density at radius 3 is 2.40 bits per heavy atom. The van der Waals surface area contributed by atoms with Gasteiger partial charge in [-0.2, -0.15) is 5.26 Å². The number of nitriles is 1. The molecule has 1 saturated heterocycles. The second kappa shape index (κ2) is 13.0. The number of hydrogen-bond donors (Lipinski definition) is 1. The van der Waals surface area contributed by atoms with Crippen LogP contribution in [0.3, 0.4) is 0 Å². The third-order valence-corrected chi connectivity index (χ3v) is 7.38. The van der Waals surface area contributed by atoms with Crippen molar-refractivity contribution in [2.45, 2.75) is 52.2 Å². The number of carbonyl (C=O) groups is 1. The summed E-state index contributed by atoms with van der Waals surface area (Å²) in [4.78, 5) is 23.8. The highest BCUT2D eigenvalue weighted by Crippen LogP contribution is 2.41. The summed E-state index contributed by atoms with van der Waals surface area (Å²) in [7, 11) is 1.45. The smallest absolute Gasteiger partial charge is 0.407 e. The van der Waals surface area contributed by atoms with Gasteiger partial charge in [-0.25, -0.2) is 23.5 Å². The van der Waals surface area contributed by atoms with Gasteiger partial charge in [0.15, 0.2) is 12.4 Å². The molecule has 4 aromatic rings. The number of carbonyl (C=O) groups excluding carboxylic acids is 1. The maximum Gasteiger partial charge on any atom is 0.407 e. The molecule has 0 atom stereocenters. The first-order valence-corrected chi connectivity index (χ1v) is 14.6. The van der Waals surface area contributed by atoms with E-state index in [1.807, 2.05) is 45.9 Å². The first-order valence-electron chi connectivity index (χ1n) is 14.6. The van der Waals surface area contributed by atoms with Gasteiger partial charge in [-0.15, -0.1) is 0 Å². The zero-order chi connectivity index (χ0) is 32.3. The number of hydrogen-bond acceptors (Lipinski definition) is 8. The maximum absolute atomic E-state index is 14.7. The quantitative estimate of drug-likeness (QED) is 0.224. The number of methoxy groups -OCH3 is 1. The van der Waals surface area contributed by atoms with Crippen molar-refractivity contribution in [3.8, 4) is 34.1 Å². The zero-order valence-electron chi connectivity index (χ0n) is 25.9. The van der Waals surface area contributed by atoms with Crippen molar-refractivity contribution >= 4 is 22.8 Å². The van der Waals surface area contributed by atoms with Crippen LogP contribution in [0.25, 0.3) is 33.3 Å². The highest BCUT2D eigenvalue weighted by Gasteiger charge is 2.27. The largest absolute Gasteiger partial charge is 0.466 e. The van der Waals surface area contributed by atoms with Crippen molar-refractivity contribution in [1.29, 1.82) is 5.26 Å². The summed E-state index contributed by atoms with van der Waals surface area (Å²) >= 11 is 0. The summed E-state index contributed by atoms with van der Waals surface area (Å²) in [5, 5.41) is 13.3. The Kier molecular flexibility index (Phi) is 9.16. The topological polar surface area (TPSA) is 110 Å². The molecular weight excluding hydrogens is 580 g/mol. The minimum atomic E-state index is -0.604. The number of ether oxygens (including phenoxy) is 3. The minimum absolute atomic E-state index is 0.0176. The van der Waals surface area contributed by atoms with Gasteiger partial charge >= 0.3 is 6.09 Å². The van der Waals surface area contributed by atoms with Gasteiger partial charge in [-0.1, -0.05) is 6.07 Å². The van der Waals surface area contributed by atoms with Crippen LogP contribution in [0.4, 0.5) is 19.3 Å². The lowest BCUT2D eigenvalue weighted by atomic mass is 9.96. The lowest BCUT2D eigenvalue weighted by Gasteiger charge is -2.36. The molecule has 2 aromatic heterocycles. The fourth-order valence-electron chi connectivity index (χ4n) is 5.54. The van der Waals surface area contributed by atoms with E-state index < -0.39 is 17.5 Å². The number of rotatable bonds is 7. The molecule has 2 aromatic carbocycles. The number of aryl methyl sites for hydroxylation is 1. The molecule has 1 aliphatic heterocycles. The number of anilines is 1. The van der Waals surface area contributed by atoms with Gasteiger partial charge in [0.1, 0.15) is 29.1 Å². The number of nitrogens with one attached hydrogen (secondary N) is 1. The molecule has 1 amide bonds. The molecule has 9 nitrogen and oxygen atoms in total. The number of halogens is 2. The van der Waals surface area contributed by atoms with Gasteiger partial charge in [-0.05, 0) is 82.0 Å².